The highest BCUT2D eigenvalue weighted by Crippen LogP contribution is 2.33. The van der Waals surface area contributed by atoms with E-state index in [4.69, 9.17) is 4.74 Å². The molecule has 0 bridgehead atoms. The number of rotatable bonds is 22. The molecular formula is C32H50O7S2. The van der Waals surface area contributed by atoms with Crippen molar-refractivity contribution >= 4 is 20.2 Å². The molecule has 0 aliphatic heterocycles. The largest absolute Gasteiger partial charge is 0.456 e. The Morgan fingerprint density at radius 3 is 1.54 bits per heavy atom. The van der Waals surface area contributed by atoms with E-state index in [1.165, 1.54) is 89.0 Å². The minimum absolute atomic E-state index is 0.344. The van der Waals surface area contributed by atoms with E-state index in [-0.39, 0.29) is 5.75 Å². The van der Waals surface area contributed by atoms with Crippen LogP contribution in [0.2, 0.25) is 0 Å². The summed E-state index contributed by atoms with van der Waals surface area (Å²) >= 11 is 0. The molecule has 0 fully saturated rings. The molecule has 0 heterocycles. The molecule has 0 aliphatic rings. The Labute approximate surface area is 248 Å². The SMILES string of the molecule is CCCCCCCCCCc1ccc(Oc2cc(S(=O)(=O)O)ccc2S(=O)(=O)O)cc1CCCCCCCCCC. The van der Waals surface area contributed by atoms with E-state index in [1.54, 1.807) is 6.07 Å². The molecule has 0 aromatic heterocycles. The van der Waals surface area contributed by atoms with Crippen LogP contribution in [0.15, 0.2) is 46.2 Å². The van der Waals surface area contributed by atoms with Gasteiger partial charge in [0, 0.05) is 6.07 Å². The number of aryl methyl sites for hydroxylation is 2. The lowest BCUT2D eigenvalue weighted by molar-refractivity contribution is 0.445. The molecule has 0 amide bonds. The normalized spacial score (nSPS) is 12.1. The summed E-state index contributed by atoms with van der Waals surface area (Å²) in [5.41, 5.74) is 2.38. The second-order valence-electron chi connectivity index (χ2n) is 11.0. The van der Waals surface area contributed by atoms with Gasteiger partial charge in [-0.1, -0.05) is 110 Å². The smallest absolute Gasteiger partial charge is 0.298 e. The minimum Gasteiger partial charge on any atom is -0.456 e. The predicted octanol–water partition coefficient (Wildman–Crippen LogP) is 9.34. The van der Waals surface area contributed by atoms with Gasteiger partial charge in [0.05, 0.1) is 4.90 Å². The number of unbranched alkanes of at least 4 members (excludes halogenated alkanes) is 14. The second-order valence-corrected chi connectivity index (χ2v) is 13.9. The lowest BCUT2D eigenvalue weighted by Crippen LogP contribution is -2.05. The fraction of sp³-hybridized carbons (Fsp3) is 0.625. The third-order valence-corrected chi connectivity index (χ3v) is 9.24. The van der Waals surface area contributed by atoms with Gasteiger partial charge in [-0.2, -0.15) is 16.8 Å². The highest BCUT2D eigenvalue weighted by atomic mass is 32.2. The summed E-state index contributed by atoms with van der Waals surface area (Å²) in [7, 11) is -9.29. The molecule has 7 nitrogen and oxygen atoms in total. The van der Waals surface area contributed by atoms with Crippen molar-refractivity contribution in [1.29, 1.82) is 0 Å². The summed E-state index contributed by atoms with van der Waals surface area (Å²) in [5.74, 6) is -0.0203. The molecule has 2 aromatic rings. The Bertz CT molecular complexity index is 1250. The molecule has 0 atom stereocenters. The first-order valence-electron chi connectivity index (χ1n) is 15.4. The van der Waals surface area contributed by atoms with E-state index in [0.29, 0.717) is 5.75 Å². The van der Waals surface area contributed by atoms with Crippen LogP contribution in [0.4, 0.5) is 0 Å². The zero-order chi connectivity index (χ0) is 30.1. The van der Waals surface area contributed by atoms with E-state index in [9.17, 15) is 25.9 Å². The van der Waals surface area contributed by atoms with E-state index in [1.807, 2.05) is 12.1 Å². The summed E-state index contributed by atoms with van der Waals surface area (Å²) in [6.45, 7) is 4.45. The monoisotopic (exact) mass is 610 g/mol. The maximum absolute atomic E-state index is 11.9. The van der Waals surface area contributed by atoms with Crippen LogP contribution in [0, 0.1) is 0 Å². The van der Waals surface area contributed by atoms with Crippen molar-refractivity contribution in [2.45, 2.75) is 139 Å². The topological polar surface area (TPSA) is 118 Å². The Balaban J connectivity index is 2.14. The Morgan fingerprint density at radius 2 is 1.05 bits per heavy atom. The van der Waals surface area contributed by atoms with Gasteiger partial charge < -0.3 is 4.74 Å². The van der Waals surface area contributed by atoms with Crippen LogP contribution in [0.1, 0.15) is 128 Å². The van der Waals surface area contributed by atoms with Gasteiger partial charge in [0.25, 0.3) is 20.2 Å². The standard InChI is InChI=1S/C32H50O7S2/c1-3-5-7-9-11-13-15-17-19-27-21-22-29(25-28(27)20-18-16-14-12-10-8-6-4-2)39-31-26-30(40(33,34)35)23-24-32(31)41(36,37)38/h21-26H,3-20H2,1-2H3,(H,33,34,35)(H,36,37,38). The molecule has 232 valence electrons. The van der Waals surface area contributed by atoms with Gasteiger partial charge in [0.1, 0.15) is 16.4 Å². The fourth-order valence-corrected chi connectivity index (χ4v) is 6.20. The Hall–Kier alpha value is -1.94. The van der Waals surface area contributed by atoms with E-state index >= 15 is 0 Å². The highest BCUT2D eigenvalue weighted by molar-refractivity contribution is 7.86. The van der Waals surface area contributed by atoms with Crippen molar-refractivity contribution < 1.29 is 30.7 Å². The first kappa shape index (κ1) is 35.3. The average molecular weight is 611 g/mol. The van der Waals surface area contributed by atoms with Crippen molar-refractivity contribution in [2.75, 3.05) is 0 Å². The highest BCUT2D eigenvalue weighted by Gasteiger charge is 2.21. The molecular weight excluding hydrogens is 560 g/mol. The van der Waals surface area contributed by atoms with Crippen molar-refractivity contribution in [3.63, 3.8) is 0 Å². The predicted molar refractivity (Wildman–Crippen MR) is 165 cm³/mol. The van der Waals surface area contributed by atoms with Gasteiger partial charge in [-0.25, -0.2) is 0 Å². The lowest BCUT2D eigenvalue weighted by atomic mass is 9.96. The summed E-state index contributed by atoms with van der Waals surface area (Å²) in [6.07, 6.45) is 21.5. The van der Waals surface area contributed by atoms with Gasteiger partial charge in [0.2, 0.25) is 0 Å². The van der Waals surface area contributed by atoms with E-state index < -0.39 is 30.0 Å². The molecule has 0 unspecified atom stereocenters. The lowest BCUT2D eigenvalue weighted by Gasteiger charge is -2.15. The van der Waals surface area contributed by atoms with Crippen LogP contribution >= 0.6 is 0 Å². The first-order valence-corrected chi connectivity index (χ1v) is 18.3. The van der Waals surface area contributed by atoms with Gasteiger partial charge in [-0.15, -0.1) is 0 Å². The Kier molecular flexibility index (Phi) is 16.0. The second kappa shape index (κ2) is 18.6. The van der Waals surface area contributed by atoms with E-state index in [0.717, 1.165) is 55.9 Å². The molecule has 2 aromatic carbocycles. The number of ether oxygens (including phenoxy) is 1. The molecule has 0 saturated carbocycles. The quantitative estimate of drug-likeness (QED) is 0.101. The van der Waals surface area contributed by atoms with Gasteiger partial charge in [-0.3, -0.25) is 9.11 Å². The molecule has 0 aliphatic carbocycles. The number of hydrogen-bond donors (Lipinski definition) is 2. The van der Waals surface area contributed by atoms with Crippen molar-refractivity contribution in [3.05, 3.63) is 47.5 Å². The van der Waals surface area contributed by atoms with Crippen LogP contribution in [-0.2, 0) is 33.1 Å². The molecule has 0 radical (unpaired) electrons. The molecule has 2 N–H and O–H groups in total. The summed E-state index contributed by atoms with van der Waals surface area (Å²) < 4.78 is 72.0. The van der Waals surface area contributed by atoms with Crippen LogP contribution in [0.5, 0.6) is 11.5 Å². The molecule has 41 heavy (non-hydrogen) atoms. The summed E-state index contributed by atoms with van der Waals surface area (Å²) in [4.78, 5) is -1.09. The maximum atomic E-state index is 11.9. The molecule has 9 heteroatoms. The van der Waals surface area contributed by atoms with E-state index in [2.05, 4.69) is 13.8 Å². The first-order chi connectivity index (χ1) is 19.6. The minimum atomic E-state index is -4.69. The van der Waals surface area contributed by atoms with Crippen molar-refractivity contribution in [3.8, 4) is 11.5 Å². The zero-order valence-electron chi connectivity index (χ0n) is 24.9. The average Bonchev–Trinajstić information content (AvgIpc) is 2.91. The van der Waals surface area contributed by atoms with Crippen LogP contribution in [0.25, 0.3) is 0 Å². The summed E-state index contributed by atoms with van der Waals surface area (Å²) in [5, 5.41) is 0. The van der Waals surface area contributed by atoms with Gasteiger partial charge >= 0.3 is 0 Å². The van der Waals surface area contributed by atoms with Crippen molar-refractivity contribution in [2.24, 2.45) is 0 Å². The van der Waals surface area contributed by atoms with Gasteiger partial charge in [-0.05, 0) is 61.1 Å². The summed E-state index contributed by atoms with van der Waals surface area (Å²) in [6, 6.07) is 8.35. The zero-order valence-corrected chi connectivity index (χ0v) is 26.6. The Morgan fingerprint density at radius 1 is 0.561 bits per heavy atom. The fourth-order valence-electron chi connectivity index (χ4n) is 5.11. The van der Waals surface area contributed by atoms with Crippen LogP contribution in [0.3, 0.4) is 0 Å². The third-order valence-electron chi connectivity index (χ3n) is 7.50. The molecule has 0 saturated heterocycles. The number of benzene rings is 2. The van der Waals surface area contributed by atoms with Crippen LogP contribution in [-0.4, -0.2) is 25.9 Å². The van der Waals surface area contributed by atoms with Crippen LogP contribution < -0.4 is 4.74 Å². The van der Waals surface area contributed by atoms with Gasteiger partial charge in [0.15, 0.2) is 0 Å². The molecule has 2 rings (SSSR count). The number of hydrogen-bond acceptors (Lipinski definition) is 5. The third kappa shape index (κ3) is 13.7. The molecule has 0 spiro atoms. The maximum Gasteiger partial charge on any atom is 0.298 e. The van der Waals surface area contributed by atoms with Crippen molar-refractivity contribution in [1.82, 2.24) is 0 Å².